The van der Waals surface area contributed by atoms with Gasteiger partial charge < -0.3 is 15.4 Å². The standard InChI is InChI=1S/C14H18N4O/c1-10-7-18(8-11(6-15)19-10)14-12-4-2-3-5-13(12)16-9-17-14/h2-5,9-11H,6-8,15H2,1H3. The van der Waals surface area contributed by atoms with Crippen molar-refractivity contribution in [3.63, 3.8) is 0 Å². The molecule has 0 radical (unpaired) electrons. The molecule has 2 atom stereocenters. The lowest BCUT2D eigenvalue weighted by Gasteiger charge is -2.37. The fraction of sp³-hybridized carbons (Fsp3) is 0.429. The molecule has 0 amide bonds. The van der Waals surface area contributed by atoms with Gasteiger partial charge in [-0.3, -0.25) is 0 Å². The van der Waals surface area contributed by atoms with E-state index in [1.807, 2.05) is 18.2 Å². The van der Waals surface area contributed by atoms with Gasteiger partial charge in [0.2, 0.25) is 0 Å². The van der Waals surface area contributed by atoms with Crippen molar-refractivity contribution in [2.45, 2.75) is 19.1 Å². The van der Waals surface area contributed by atoms with Gasteiger partial charge in [0.15, 0.2) is 0 Å². The van der Waals surface area contributed by atoms with Crippen molar-refractivity contribution >= 4 is 16.7 Å². The number of benzene rings is 1. The SMILES string of the molecule is CC1CN(c2ncnc3ccccc23)CC(CN)O1. The molecule has 1 aliphatic heterocycles. The fourth-order valence-corrected chi connectivity index (χ4v) is 2.59. The van der Waals surface area contributed by atoms with Crippen LogP contribution in [0, 0.1) is 0 Å². The first kappa shape index (κ1) is 12.3. The van der Waals surface area contributed by atoms with Crippen LogP contribution in [0.2, 0.25) is 0 Å². The maximum atomic E-state index is 5.79. The van der Waals surface area contributed by atoms with Crippen LogP contribution in [0.25, 0.3) is 10.9 Å². The minimum absolute atomic E-state index is 0.0671. The number of morpholine rings is 1. The van der Waals surface area contributed by atoms with Gasteiger partial charge in [-0.2, -0.15) is 0 Å². The molecule has 19 heavy (non-hydrogen) atoms. The van der Waals surface area contributed by atoms with Crippen molar-refractivity contribution < 1.29 is 4.74 Å². The predicted octanol–water partition coefficient (Wildman–Crippen LogP) is 1.18. The van der Waals surface area contributed by atoms with Crippen molar-refractivity contribution in [1.29, 1.82) is 0 Å². The summed E-state index contributed by atoms with van der Waals surface area (Å²) in [6, 6.07) is 8.07. The van der Waals surface area contributed by atoms with Crippen molar-refractivity contribution in [3.05, 3.63) is 30.6 Å². The van der Waals surface area contributed by atoms with Crippen LogP contribution in [0.1, 0.15) is 6.92 Å². The van der Waals surface area contributed by atoms with Crippen LogP contribution in [-0.4, -0.2) is 41.8 Å². The molecule has 1 saturated heterocycles. The second-order valence-electron chi connectivity index (χ2n) is 4.92. The lowest BCUT2D eigenvalue weighted by atomic mass is 10.1. The number of para-hydroxylation sites is 1. The molecule has 3 rings (SSSR count). The molecule has 1 fully saturated rings. The first-order valence-electron chi connectivity index (χ1n) is 6.58. The molecule has 0 bridgehead atoms. The zero-order valence-corrected chi connectivity index (χ0v) is 11.0. The predicted molar refractivity (Wildman–Crippen MR) is 75.1 cm³/mol. The molecule has 0 aliphatic carbocycles. The summed E-state index contributed by atoms with van der Waals surface area (Å²) in [5.74, 6) is 0.971. The number of hydrogen-bond acceptors (Lipinski definition) is 5. The Bertz CT molecular complexity index is 569. The number of nitrogens with zero attached hydrogens (tertiary/aromatic N) is 3. The van der Waals surface area contributed by atoms with Gasteiger partial charge in [0.25, 0.3) is 0 Å². The van der Waals surface area contributed by atoms with Gasteiger partial charge in [0.1, 0.15) is 12.1 Å². The maximum absolute atomic E-state index is 5.79. The normalized spacial score (nSPS) is 23.8. The molecule has 5 nitrogen and oxygen atoms in total. The third-order valence-electron chi connectivity index (χ3n) is 3.41. The van der Waals surface area contributed by atoms with Gasteiger partial charge in [0.05, 0.1) is 17.7 Å². The number of fused-ring (bicyclic) bond motifs is 1. The van der Waals surface area contributed by atoms with Gasteiger partial charge in [-0.05, 0) is 19.1 Å². The quantitative estimate of drug-likeness (QED) is 0.876. The highest BCUT2D eigenvalue weighted by atomic mass is 16.5. The van der Waals surface area contributed by atoms with E-state index in [0.29, 0.717) is 6.54 Å². The third-order valence-corrected chi connectivity index (χ3v) is 3.41. The van der Waals surface area contributed by atoms with E-state index in [-0.39, 0.29) is 12.2 Å². The van der Waals surface area contributed by atoms with Gasteiger partial charge in [-0.15, -0.1) is 0 Å². The van der Waals surface area contributed by atoms with Crippen molar-refractivity contribution in [1.82, 2.24) is 9.97 Å². The van der Waals surface area contributed by atoms with Crippen molar-refractivity contribution in [3.8, 4) is 0 Å². The van der Waals surface area contributed by atoms with E-state index >= 15 is 0 Å². The summed E-state index contributed by atoms with van der Waals surface area (Å²) in [6.07, 6.45) is 1.85. The molecule has 1 aromatic carbocycles. The van der Waals surface area contributed by atoms with Gasteiger partial charge in [0, 0.05) is 25.0 Å². The Kier molecular flexibility index (Phi) is 3.31. The van der Waals surface area contributed by atoms with E-state index in [9.17, 15) is 0 Å². The highest BCUT2D eigenvalue weighted by Gasteiger charge is 2.26. The van der Waals surface area contributed by atoms with Gasteiger partial charge in [-0.1, -0.05) is 12.1 Å². The summed E-state index contributed by atoms with van der Waals surface area (Å²) in [5, 5.41) is 1.08. The fourth-order valence-electron chi connectivity index (χ4n) is 2.59. The largest absolute Gasteiger partial charge is 0.370 e. The Hall–Kier alpha value is -1.72. The lowest BCUT2D eigenvalue weighted by molar-refractivity contribution is -0.0106. The summed E-state index contributed by atoms with van der Waals surface area (Å²) in [5.41, 5.74) is 6.70. The minimum atomic E-state index is 0.0671. The second-order valence-corrected chi connectivity index (χ2v) is 4.92. The molecule has 2 unspecified atom stereocenters. The van der Waals surface area contributed by atoms with Crippen LogP contribution < -0.4 is 10.6 Å². The maximum Gasteiger partial charge on any atom is 0.140 e. The molecule has 0 spiro atoms. The molecule has 2 heterocycles. The molecule has 0 saturated carbocycles. The van der Waals surface area contributed by atoms with Gasteiger partial charge >= 0.3 is 0 Å². The Balaban J connectivity index is 1.99. The van der Waals surface area contributed by atoms with Crippen LogP contribution in [0.5, 0.6) is 0 Å². The molecular weight excluding hydrogens is 240 g/mol. The average Bonchev–Trinajstić information content (AvgIpc) is 2.46. The molecule has 1 aliphatic rings. The number of ether oxygens (including phenoxy) is 1. The van der Waals surface area contributed by atoms with E-state index in [2.05, 4.69) is 27.9 Å². The first-order valence-corrected chi connectivity index (χ1v) is 6.58. The van der Waals surface area contributed by atoms with Crippen LogP contribution in [0.15, 0.2) is 30.6 Å². The molecule has 5 heteroatoms. The number of nitrogens with two attached hydrogens (primary N) is 1. The number of aromatic nitrogens is 2. The number of hydrogen-bond donors (Lipinski definition) is 1. The van der Waals surface area contributed by atoms with Crippen LogP contribution in [-0.2, 0) is 4.74 Å². The van der Waals surface area contributed by atoms with E-state index in [1.54, 1.807) is 6.33 Å². The van der Waals surface area contributed by atoms with E-state index in [4.69, 9.17) is 10.5 Å². The number of rotatable bonds is 2. The van der Waals surface area contributed by atoms with Crippen LogP contribution >= 0.6 is 0 Å². The zero-order chi connectivity index (χ0) is 13.2. The third kappa shape index (κ3) is 2.39. The molecule has 1 aromatic heterocycles. The minimum Gasteiger partial charge on any atom is -0.370 e. The highest BCUT2D eigenvalue weighted by Crippen LogP contribution is 2.25. The summed E-state index contributed by atoms with van der Waals surface area (Å²) >= 11 is 0. The Labute approximate surface area is 112 Å². The average molecular weight is 258 g/mol. The second kappa shape index (κ2) is 5.11. The van der Waals surface area contributed by atoms with Crippen molar-refractivity contribution in [2.24, 2.45) is 5.73 Å². The molecule has 2 N–H and O–H groups in total. The van der Waals surface area contributed by atoms with E-state index in [1.165, 1.54) is 0 Å². The van der Waals surface area contributed by atoms with Crippen LogP contribution in [0.3, 0.4) is 0 Å². The Morgan fingerprint density at radius 3 is 3.00 bits per heavy atom. The summed E-state index contributed by atoms with van der Waals surface area (Å²) < 4.78 is 5.79. The zero-order valence-electron chi connectivity index (χ0n) is 11.0. The summed E-state index contributed by atoms with van der Waals surface area (Å²) in [6.45, 7) is 4.21. The summed E-state index contributed by atoms with van der Waals surface area (Å²) in [4.78, 5) is 11.0. The Morgan fingerprint density at radius 2 is 2.16 bits per heavy atom. The Morgan fingerprint density at radius 1 is 1.32 bits per heavy atom. The monoisotopic (exact) mass is 258 g/mol. The first-order chi connectivity index (χ1) is 9.28. The van der Waals surface area contributed by atoms with Gasteiger partial charge in [-0.25, -0.2) is 9.97 Å². The molecule has 2 aromatic rings. The molecular formula is C14H18N4O. The topological polar surface area (TPSA) is 64.3 Å². The summed E-state index contributed by atoms with van der Waals surface area (Å²) in [7, 11) is 0. The smallest absolute Gasteiger partial charge is 0.140 e. The van der Waals surface area contributed by atoms with Crippen LogP contribution in [0.4, 0.5) is 5.82 Å². The van der Waals surface area contributed by atoms with E-state index < -0.39 is 0 Å². The van der Waals surface area contributed by atoms with E-state index in [0.717, 1.165) is 29.8 Å². The number of anilines is 1. The lowest BCUT2D eigenvalue weighted by Crippen LogP contribution is -2.49. The van der Waals surface area contributed by atoms with Crippen molar-refractivity contribution in [2.75, 3.05) is 24.5 Å². The highest BCUT2D eigenvalue weighted by molar-refractivity contribution is 5.89. The molecule has 100 valence electrons.